The Hall–Kier alpha value is -3.16. The van der Waals surface area contributed by atoms with Gasteiger partial charge in [0, 0.05) is 19.0 Å². The van der Waals surface area contributed by atoms with Crippen molar-refractivity contribution in [1.82, 2.24) is 19.6 Å². The van der Waals surface area contributed by atoms with E-state index in [1.54, 1.807) is 32.0 Å². The van der Waals surface area contributed by atoms with Crippen molar-refractivity contribution < 1.29 is 19.0 Å². The number of aryl methyl sites for hydroxylation is 1. The summed E-state index contributed by atoms with van der Waals surface area (Å²) in [6.45, 7) is 2.08. The number of Topliss-reactive ketones (excluding diaryl/α,β-unsaturated/α-hetero) is 1. The molecule has 1 atom stereocenters. The average Bonchev–Trinajstić information content (AvgIpc) is 3.12. The number of fused-ring (bicyclic) bond motifs is 2. The normalized spacial score (nSPS) is 16.0. The fraction of sp³-hybridized carbons (Fsp3) is 0.429. The van der Waals surface area contributed by atoms with Crippen LogP contribution < -0.4 is 14.2 Å². The summed E-state index contributed by atoms with van der Waals surface area (Å²) in [7, 11) is 4.74. The number of nitrogens with zero attached hydrogens (tertiary/aromatic N) is 4. The first-order valence-corrected chi connectivity index (χ1v) is 9.66. The second kappa shape index (κ2) is 7.69. The molecule has 8 heteroatoms. The molecule has 0 saturated carbocycles. The van der Waals surface area contributed by atoms with Crippen molar-refractivity contribution in [1.29, 1.82) is 0 Å². The van der Waals surface area contributed by atoms with Gasteiger partial charge in [-0.15, -0.1) is 5.10 Å². The highest BCUT2D eigenvalue weighted by Gasteiger charge is 2.30. The molecule has 0 fully saturated rings. The SMILES string of the molecule is CCCc1nc2nc3c(cn2n1)C(=O)C[C@H](c1cc(OC)c(OC)c(OC)c1)C3. The monoisotopic (exact) mass is 396 g/mol. The van der Waals surface area contributed by atoms with E-state index >= 15 is 0 Å². The number of aromatic nitrogens is 4. The van der Waals surface area contributed by atoms with Gasteiger partial charge >= 0.3 is 0 Å². The number of carbonyl (C=O) groups is 1. The van der Waals surface area contributed by atoms with E-state index in [2.05, 4.69) is 22.0 Å². The molecular weight excluding hydrogens is 372 g/mol. The van der Waals surface area contributed by atoms with Gasteiger partial charge in [-0.3, -0.25) is 4.79 Å². The van der Waals surface area contributed by atoms with Gasteiger partial charge < -0.3 is 14.2 Å². The quantitative estimate of drug-likeness (QED) is 0.633. The van der Waals surface area contributed by atoms with Gasteiger partial charge in [0.1, 0.15) is 0 Å². The van der Waals surface area contributed by atoms with E-state index in [1.165, 1.54) is 0 Å². The van der Waals surface area contributed by atoms with Gasteiger partial charge in [0.05, 0.1) is 32.6 Å². The summed E-state index contributed by atoms with van der Waals surface area (Å²) >= 11 is 0. The van der Waals surface area contributed by atoms with Crippen molar-refractivity contribution in [2.24, 2.45) is 0 Å². The van der Waals surface area contributed by atoms with Gasteiger partial charge in [-0.1, -0.05) is 6.92 Å². The molecule has 4 rings (SSSR count). The lowest BCUT2D eigenvalue weighted by atomic mass is 9.82. The molecule has 0 saturated heterocycles. The molecule has 1 aliphatic rings. The molecule has 0 N–H and O–H groups in total. The van der Waals surface area contributed by atoms with E-state index < -0.39 is 0 Å². The Kier molecular flexibility index (Phi) is 5.08. The highest BCUT2D eigenvalue weighted by atomic mass is 16.5. The van der Waals surface area contributed by atoms with Crippen LogP contribution in [0.3, 0.4) is 0 Å². The molecule has 0 unspecified atom stereocenters. The maximum Gasteiger partial charge on any atom is 0.252 e. The predicted molar refractivity (Wildman–Crippen MR) is 106 cm³/mol. The number of ketones is 1. The second-order valence-electron chi connectivity index (χ2n) is 7.11. The fourth-order valence-electron chi connectivity index (χ4n) is 3.83. The van der Waals surface area contributed by atoms with Crippen LogP contribution in [0.4, 0.5) is 0 Å². The average molecular weight is 396 g/mol. The first-order valence-electron chi connectivity index (χ1n) is 9.66. The number of ether oxygens (including phenoxy) is 3. The minimum absolute atomic E-state index is 0.0308. The lowest BCUT2D eigenvalue weighted by molar-refractivity contribution is 0.0962. The molecule has 0 radical (unpaired) electrons. The van der Waals surface area contributed by atoms with Crippen molar-refractivity contribution >= 4 is 11.6 Å². The molecule has 3 aromatic rings. The van der Waals surface area contributed by atoms with Gasteiger partial charge in [0.2, 0.25) is 5.75 Å². The summed E-state index contributed by atoms with van der Waals surface area (Å²) in [5.74, 6) is 2.98. The molecular formula is C21H24N4O4. The zero-order valence-corrected chi connectivity index (χ0v) is 17.1. The molecule has 1 aromatic carbocycles. The Morgan fingerprint density at radius 1 is 1.07 bits per heavy atom. The van der Waals surface area contributed by atoms with Crippen LogP contribution in [0.1, 0.15) is 53.1 Å². The summed E-state index contributed by atoms with van der Waals surface area (Å²) in [6, 6.07) is 3.80. The Morgan fingerprint density at radius 3 is 2.41 bits per heavy atom. The highest BCUT2D eigenvalue weighted by Crippen LogP contribution is 2.42. The maximum atomic E-state index is 12.9. The summed E-state index contributed by atoms with van der Waals surface area (Å²) in [4.78, 5) is 22.0. The van der Waals surface area contributed by atoms with E-state index in [9.17, 15) is 4.79 Å². The largest absolute Gasteiger partial charge is 0.493 e. The standard InChI is InChI=1S/C21H24N4O4/c1-5-6-19-23-21-22-15-7-12(8-16(26)14(15)11-25(21)24-19)13-9-17(27-2)20(29-4)18(10-13)28-3/h9-12H,5-8H2,1-4H3/t12-/m1/s1. The number of benzene rings is 1. The minimum atomic E-state index is -0.0308. The third-order valence-electron chi connectivity index (χ3n) is 5.26. The van der Waals surface area contributed by atoms with Gasteiger partial charge in [0.15, 0.2) is 23.1 Å². The van der Waals surface area contributed by atoms with Crippen molar-refractivity contribution in [3.63, 3.8) is 0 Å². The molecule has 1 aliphatic carbocycles. The fourth-order valence-corrected chi connectivity index (χ4v) is 3.83. The molecule has 2 aromatic heterocycles. The molecule has 0 aliphatic heterocycles. The van der Waals surface area contributed by atoms with Crippen LogP contribution in [0, 0.1) is 0 Å². The maximum absolute atomic E-state index is 12.9. The highest BCUT2D eigenvalue weighted by molar-refractivity contribution is 5.98. The van der Waals surface area contributed by atoms with Gasteiger partial charge in [0.25, 0.3) is 5.78 Å². The Bertz CT molecular complexity index is 1050. The van der Waals surface area contributed by atoms with Gasteiger partial charge in [-0.25, -0.2) is 9.50 Å². The van der Waals surface area contributed by atoms with Crippen molar-refractivity contribution in [3.05, 3.63) is 41.0 Å². The molecule has 29 heavy (non-hydrogen) atoms. The van der Waals surface area contributed by atoms with E-state index in [-0.39, 0.29) is 11.7 Å². The summed E-state index contributed by atoms with van der Waals surface area (Å²) in [5.41, 5.74) is 2.32. The minimum Gasteiger partial charge on any atom is -0.493 e. The molecule has 0 spiro atoms. The molecule has 0 amide bonds. The summed E-state index contributed by atoms with van der Waals surface area (Å²) < 4.78 is 17.9. The van der Waals surface area contributed by atoms with Crippen LogP contribution in [-0.2, 0) is 12.8 Å². The second-order valence-corrected chi connectivity index (χ2v) is 7.11. The molecule has 152 valence electrons. The van der Waals surface area contributed by atoms with Crippen LogP contribution in [0.5, 0.6) is 17.2 Å². The number of rotatable bonds is 6. The van der Waals surface area contributed by atoms with Crippen molar-refractivity contribution in [2.45, 2.75) is 38.5 Å². The first kappa shape index (κ1) is 19.2. The first-order chi connectivity index (χ1) is 14.1. The molecule has 2 heterocycles. The Morgan fingerprint density at radius 2 is 1.79 bits per heavy atom. The van der Waals surface area contributed by atoms with Crippen LogP contribution in [0.15, 0.2) is 18.3 Å². The number of carbonyl (C=O) groups excluding carboxylic acids is 1. The Balaban J connectivity index is 1.73. The van der Waals surface area contributed by atoms with Crippen LogP contribution in [0.2, 0.25) is 0 Å². The van der Waals surface area contributed by atoms with Gasteiger partial charge in [-0.2, -0.15) is 4.98 Å². The smallest absolute Gasteiger partial charge is 0.252 e. The van der Waals surface area contributed by atoms with Crippen molar-refractivity contribution in [3.8, 4) is 17.2 Å². The van der Waals surface area contributed by atoms with E-state index in [1.807, 2.05) is 12.1 Å². The van der Waals surface area contributed by atoms with Crippen molar-refractivity contribution in [2.75, 3.05) is 21.3 Å². The lowest BCUT2D eigenvalue weighted by Crippen LogP contribution is -2.21. The molecule has 8 nitrogen and oxygen atoms in total. The van der Waals surface area contributed by atoms with Crippen LogP contribution in [0.25, 0.3) is 5.78 Å². The predicted octanol–water partition coefficient (Wildman–Crippen LogP) is 3.02. The lowest BCUT2D eigenvalue weighted by Gasteiger charge is -2.24. The van der Waals surface area contributed by atoms with E-state index in [4.69, 9.17) is 14.2 Å². The Labute approximate surface area is 168 Å². The summed E-state index contributed by atoms with van der Waals surface area (Å²) in [6.07, 6.45) is 4.52. The topological polar surface area (TPSA) is 87.8 Å². The third-order valence-corrected chi connectivity index (χ3v) is 5.26. The molecule has 0 bridgehead atoms. The summed E-state index contributed by atoms with van der Waals surface area (Å²) in [5, 5.41) is 4.43. The van der Waals surface area contributed by atoms with E-state index in [0.29, 0.717) is 41.4 Å². The number of hydrogen-bond acceptors (Lipinski definition) is 7. The number of methoxy groups -OCH3 is 3. The van der Waals surface area contributed by atoms with Crippen LogP contribution in [-0.4, -0.2) is 46.7 Å². The zero-order chi connectivity index (χ0) is 20.5. The number of hydrogen-bond donors (Lipinski definition) is 0. The zero-order valence-electron chi connectivity index (χ0n) is 17.1. The third kappa shape index (κ3) is 3.39. The van der Waals surface area contributed by atoms with E-state index in [0.717, 1.165) is 29.9 Å². The van der Waals surface area contributed by atoms with Crippen LogP contribution >= 0.6 is 0 Å². The van der Waals surface area contributed by atoms with Gasteiger partial charge in [-0.05, 0) is 36.5 Å².